The second kappa shape index (κ2) is 4.13. The molecule has 6 heteroatoms. The molecule has 0 spiro atoms. The van der Waals surface area contributed by atoms with Gasteiger partial charge in [-0.3, -0.25) is 4.79 Å². The van der Waals surface area contributed by atoms with E-state index in [1.807, 2.05) is 0 Å². The maximum atomic E-state index is 13.6. The summed E-state index contributed by atoms with van der Waals surface area (Å²) in [6, 6.07) is 4.96. The number of aromatic amines is 1. The van der Waals surface area contributed by atoms with Gasteiger partial charge in [0.05, 0.1) is 10.2 Å². The Labute approximate surface area is 97.3 Å². The largest absolute Gasteiger partial charge is 0.268 e. The molecule has 0 aliphatic rings. The molecule has 0 fully saturated rings. The van der Waals surface area contributed by atoms with E-state index in [1.165, 1.54) is 18.2 Å². The Morgan fingerprint density at radius 3 is 2.56 bits per heavy atom. The van der Waals surface area contributed by atoms with Gasteiger partial charge >= 0.3 is 0 Å². The number of H-pyrrole nitrogens is 1. The SMILES string of the molecule is O=c1ccc(-c2ccc(F)c(Br)c2F)n[nH]1. The van der Waals surface area contributed by atoms with Crippen LogP contribution in [-0.2, 0) is 0 Å². The predicted octanol–water partition coefficient (Wildman–Crippen LogP) is 2.48. The minimum Gasteiger partial charge on any atom is -0.268 e. The van der Waals surface area contributed by atoms with Gasteiger partial charge in [-0.2, -0.15) is 5.10 Å². The lowest BCUT2D eigenvalue weighted by molar-refractivity contribution is 0.573. The predicted molar refractivity (Wildman–Crippen MR) is 57.9 cm³/mol. The van der Waals surface area contributed by atoms with E-state index in [0.717, 1.165) is 6.07 Å². The summed E-state index contributed by atoms with van der Waals surface area (Å²) >= 11 is 2.79. The molecule has 0 aliphatic heterocycles. The molecular weight excluding hydrogens is 282 g/mol. The summed E-state index contributed by atoms with van der Waals surface area (Å²) in [4.78, 5) is 10.8. The Morgan fingerprint density at radius 2 is 1.94 bits per heavy atom. The van der Waals surface area contributed by atoms with E-state index in [1.54, 1.807) is 0 Å². The first kappa shape index (κ1) is 10.9. The van der Waals surface area contributed by atoms with Gasteiger partial charge in [0, 0.05) is 11.6 Å². The lowest BCUT2D eigenvalue weighted by atomic mass is 10.1. The number of hydrogen-bond donors (Lipinski definition) is 1. The third kappa shape index (κ3) is 1.88. The molecule has 0 radical (unpaired) electrons. The van der Waals surface area contributed by atoms with E-state index < -0.39 is 11.6 Å². The molecule has 1 N–H and O–H groups in total. The molecule has 1 heterocycles. The maximum Gasteiger partial charge on any atom is 0.264 e. The topological polar surface area (TPSA) is 45.8 Å². The first-order valence-corrected chi connectivity index (χ1v) is 5.08. The lowest BCUT2D eigenvalue weighted by Gasteiger charge is -2.03. The summed E-state index contributed by atoms with van der Waals surface area (Å²) in [6.07, 6.45) is 0. The van der Waals surface area contributed by atoms with Gasteiger partial charge in [0.15, 0.2) is 0 Å². The molecule has 0 saturated carbocycles. The molecule has 0 aliphatic carbocycles. The standard InChI is InChI=1S/C10H5BrF2N2O/c11-9-6(12)2-1-5(10(9)13)7-3-4-8(16)15-14-7/h1-4H,(H,15,16). The number of aromatic nitrogens is 2. The fourth-order valence-electron chi connectivity index (χ4n) is 1.22. The lowest BCUT2D eigenvalue weighted by Crippen LogP contribution is -2.06. The molecule has 1 aromatic heterocycles. The van der Waals surface area contributed by atoms with Crippen LogP contribution in [0.2, 0.25) is 0 Å². The molecule has 0 amide bonds. The molecule has 82 valence electrons. The summed E-state index contributed by atoms with van der Waals surface area (Å²) < 4.78 is 26.4. The van der Waals surface area contributed by atoms with Crippen molar-refractivity contribution in [2.45, 2.75) is 0 Å². The van der Waals surface area contributed by atoms with Crippen LogP contribution in [0.3, 0.4) is 0 Å². The van der Waals surface area contributed by atoms with Crippen LogP contribution in [0, 0.1) is 11.6 Å². The van der Waals surface area contributed by atoms with Crippen molar-refractivity contribution in [1.82, 2.24) is 10.2 Å². The van der Waals surface area contributed by atoms with Gasteiger partial charge in [0.2, 0.25) is 0 Å². The monoisotopic (exact) mass is 286 g/mol. The highest BCUT2D eigenvalue weighted by molar-refractivity contribution is 9.10. The number of rotatable bonds is 1. The van der Waals surface area contributed by atoms with Gasteiger partial charge in [-0.15, -0.1) is 0 Å². The van der Waals surface area contributed by atoms with Gasteiger partial charge in [0.25, 0.3) is 5.56 Å². The third-order valence-corrected chi connectivity index (χ3v) is 2.72. The normalized spacial score (nSPS) is 10.4. The van der Waals surface area contributed by atoms with Crippen LogP contribution in [0.15, 0.2) is 33.5 Å². The quantitative estimate of drug-likeness (QED) is 0.819. The minimum atomic E-state index is -0.750. The van der Waals surface area contributed by atoms with Crippen LogP contribution in [0.5, 0.6) is 0 Å². The highest BCUT2D eigenvalue weighted by Gasteiger charge is 2.13. The Bertz CT molecular complexity index is 577. The molecule has 2 rings (SSSR count). The molecule has 2 aromatic rings. The van der Waals surface area contributed by atoms with Crippen molar-refractivity contribution in [3.05, 3.63) is 50.7 Å². The second-order valence-corrected chi connectivity index (χ2v) is 3.82. The van der Waals surface area contributed by atoms with Gasteiger partial charge in [0.1, 0.15) is 11.6 Å². The van der Waals surface area contributed by atoms with Crippen LogP contribution < -0.4 is 5.56 Å². The summed E-state index contributed by atoms with van der Waals surface area (Å²) in [5.41, 5.74) is -0.0346. The van der Waals surface area contributed by atoms with E-state index >= 15 is 0 Å². The first-order valence-electron chi connectivity index (χ1n) is 4.29. The van der Waals surface area contributed by atoms with E-state index in [-0.39, 0.29) is 21.3 Å². The summed E-state index contributed by atoms with van der Waals surface area (Å²) in [5, 5.41) is 5.84. The summed E-state index contributed by atoms with van der Waals surface area (Å²) in [6.45, 7) is 0. The average Bonchev–Trinajstić information content (AvgIpc) is 2.28. The zero-order valence-corrected chi connectivity index (χ0v) is 9.38. The molecule has 0 unspecified atom stereocenters. The van der Waals surface area contributed by atoms with Gasteiger partial charge in [-0.05, 0) is 34.1 Å². The van der Waals surface area contributed by atoms with E-state index in [9.17, 15) is 13.6 Å². The van der Waals surface area contributed by atoms with Crippen LogP contribution in [0.1, 0.15) is 0 Å². The minimum absolute atomic E-state index is 0.115. The number of halogens is 3. The molecule has 1 aromatic carbocycles. The summed E-state index contributed by atoms with van der Waals surface area (Å²) in [5.74, 6) is -1.44. The fourth-order valence-corrected chi connectivity index (χ4v) is 1.56. The zero-order chi connectivity index (χ0) is 11.7. The van der Waals surface area contributed by atoms with Crippen molar-refractivity contribution in [3.63, 3.8) is 0 Å². The number of hydrogen-bond acceptors (Lipinski definition) is 2. The number of nitrogens with zero attached hydrogens (tertiary/aromatic N) is 1. The van der Waals surface area contributed by atoms with Crippen molar-refractivity contribution < 1.29 is 8.78 Å². The van der Waals surface area contributed by atoms with Crippen LogP contribution in [-0.4, -0.2) is 10.2 Å². The number of benzene rings is 1. The first-order chi connectivity index (χ1) is 7.59. The molecular formula is C10H5BrF2N2O. The molecule has 16 heavy (non-hydrogen) atoms. The van der Waals surface area contributed by atoms with Crippen LogP contribution in [0.25, 0.3) is 11.3 Å². The van der Waals surface area contributed by atoms with Crippen molar-refractivity contribution in [1.29, 1.82) is 0 Å². The molecule has 0 bridgehead atoms. The fraction of sp³-hybridized carbons (Fsp3) is 0. The highest BCUT2D eigenvalue weighted by atomic mass is 79.9. The molecule has 0 atom stereocenters. The molecule has 3 nitrogen and oxygen atoms in total. The summed E-state index contributed by atoms with van der Waals surface area (Å²) in [7, 11) is 0. The van der Waals surface area contributed by atoms with E-state index in [0.29, 0.717) is 0 Å². The van der Waals surface area contributed by atoms with Crippen molar-refractivity contribution in [3.8, 4) is 11.3 Å². The van der Waals surface area contributed by atoms with Gasteiger partial charge in [-0.1, -0.05) is 0 Å². The van der Waals surface area contributed by atoms with Crippen molar-refractivity contribution in [2.24, 2.45) is 0 Å². The Hall–Kier alpha value is -1.56. The van der Waals surface area contributed by atoms with Crippen LogP contribution >= 0.6 is 15.9 Å². The number of nitrogens with one attached hydrogen (secondary N) is 1. The third-order valence-electron chi connectivity index (χ3n) is 1.99. The van der Waals surface area contributed by atoms with E-state index in [4.69, 9.17) is 0 Å². The Balaban J connectivity index is 2.61. The zero-order valence-electron chi connectivity index (χ0n) is 7.80. The Kier molecular flexibility index (Phi) is 2.82. The van der Waals surface area contributed by atoms with Gasteiger partial charge in [-0.25, -0.2) is 13.9 Å². The van der Waals surface area contributed by atoms with Gasteiger partial charge < -0.3 is 0 Å². The van der Waals surface area contributed by atoms with Crippen molar-refractivity contribution in [2.75, 3.05) is 0 Å². The maximum absolute atomic E-state index is 13.6. The average molecular weight is 287 g/mol. The highest BCUT2D eigenvalue weighted by Crippen LogP contribution is 2.28. The van der Waals surface area contributed by atoms with Crippen LogP contribution in [0.4, 0.5) is 8.78 Å². The Morgan fingerprint density at radius 1 is 1.19 bits per heavy atom. The van der Waals surface area contributed by atoms with E-state index in [2.05, 4.69) is 26.1 Å². The van der Waals surface area contributed by atoms with Crippen molar-refractivity contribution >= 4 is 15.9 Å². The smallest absolute Gasteiger partial charge is 0.264 e. The second-order valence-electron chi connectivity index (χ2n) is 3.03. The molecule has 0 saturated heterocycles.